The van der Waals surface area contributed by atoms with Crippen molar-refractivity contribution in [3.8, 4) is 0 Å². The van der Waals surface area contributed by atoms with Crippen molar-refractivity contribution in [3.63, 3.8) is 0 Å². The maximum atomic E-state index is 2.54. The number of rotatable bonds is 1. The molecule has 1 nitrogen and oxygen atoms in total. The summed E-state index contributed by atoms with van der Waals surface area (Å²) < 4.78 is 2.54. The predicted molar refractivity (Wildman–Crippen MR) is 117 cm³/mol. The Morgan fingerprint density at radius 2 is 1.00 bits per heavy atom. The van der Waals surface area contributed by atoms with E-state index < -0.39 is 0 Å². The van der Waals surface area contributed by atoms with Gasteiger partial charge in [-0.3, -0.25) is 0 Å². The highest BCUT2D eigenvalue weighted by Gasteiger charge is 2.34. The zero-order valence-electron chi connectivity index (χ0n) is 15.0. The van der Waals surface area contributed by atoms with Gasteiger partial charge in [-0.15, -0.1) is 0 Å². The van der Waals surface area contributed by atoms with Crippen LogP contribution in [0.3, 0.4) is 0 Å². The van der Waals surface area contributed by atoms with Gasteiger partial charge in [-0.05, 0) is 17.8 Å². The number of aryl methyl sites for hydroxylation is 1. The van der Waals surface area contributed by atoms with Crippen molar-refractivity contribution < 1.29 is 0 Å². The van der Waals surface area contributed by atoms with Gasteiger partial charge in [0, 0.05) is 32.6 Å². The van der Waals surface area contributed by atoms with Crippen molar-refractivity contribution in [2.45, 2.75) is 6.92 Å². The molecule has 0 N–H and O–H groups in total. The second kappa shape index (κ2) is 4.53. The van der Waals surface area contributed by atoms with Gasteiger partial charge in [-0.25, -0.2) is 0 Å². The van der Waals surface area contributed by atoms with Crippen molar-refractivity contribution in [2.75, 3.05) is 0 Å². The van der Waals surface area contributed by atoms with Gasteiger partial charge in [0.15, 0.2) is 0 Å². The molecule has 2 aromatic heterocycles. The van der Waals surface area contributed by atoms with Gasteiger partial charge >= 0.3 is 0 Å². The second-order valence-corrected chi connectivity index (χ2v) is 7.81. The van der Waals surface area contributed by atoms with E-state index in [-0.39, 0.29) is 6.71 Å². The number of hydrogen-bond acceptors (Lipinski definition) is 0. The fourth-order valence-corrected chi connectivity index (χ4v) is 5.49. The zero-order chi connectivity index (χ0) is 17.7. The average Bonchev–Trinajstić information content (AvgIpc) is 3.23. The fourth-order valence-electron chi connectivity index (χ4n) is 5.49. The summed E-state index contributed by atoms with van der Waals surface area (Å²) in [6.07, 6.45) is 0. The number of aromatic nitrogens is 1. The molecule has 0 spiro atoms. The fraction of sp³-hybridized carbons (Fsp3) is 0.0400. The monoisotopic (exact) mass is 341 g/mol. The molecular weight excluding hydrogens is 325 g/mol. The summed E-state index contributed by atoms with van der Waals surface area (Å²) in [5.74, 6) is 0. The first kappa shape index (κ1) is 13.9. The smallest absolute Gasteiger partial charge is 0.247 e. The minimum atomic E-state index is 0.288. The summed E-state index contributed by atoms with van der Waals surface area (Å²) in [7, 11) is 0. The van der Waals surface area contributed by atoms with Crippen LogP contribution in [0.4, 0.5) is 0 Å². The largest absolute Gasteiger partial charge is 0.309 e. The average molecular weight is 341 g/mol. The third-order valence-electron chi connectivity index (χ3n) is 6.54. The molecule has 4 aromatic carbocycles. The first-order chi connectivity index (χ1) is 13.3. The third kappa shape index (κ3) is 1.46. The predicted octanol–water partition coefficient (Wildman–Crippen LogP) is 3.97. The summed E-state index contributed by atoms with van der Waals surface area (Å²) in [5.41, 5.74) is 9.80. The number of hydrogen-bond donors (Lipinski definition) is 0. The van der Waals surface area contributed by atoms with Crippen LogP contribution < -0.4 is 16.4 Å². The van der Waals surface area contributed by atoms with E-state index in [1.165, 1.54) is 60.0 Å². The Hall–Kier alpha value is -3.26. The van der Waals surface area contributed by atoms with E-state index in [0.717, 1.165) is 0 Å². The Labute approximate surface area is 157 Å². The number of benzene rings is 4. The molecule has 0 unspecified atom stereocenters. The van der Waals surface area contributed by atoms with E-state index in [2.05, 4.69) is 90.2 Å². The van der Waals surface area contributed by atoms with Crippen LogP contribution in [-0.2, 0) is 0 Å². The maximum absolute atomic E-state index is 2.54. The second-order valence-electron chi connectivity index (χ2n) is 7.81. The minimum Gasteiger partial charge on any atom is -0.309 e. The summed E-state index contributed by atoms with van der Waals surface area (Å²) in [5, 5.41) is 5.50. The normalized spacial score (nSPS) is 13.3. The Morgan fingerprint density at radius 1 is 0.519 bits per heavy atom. The van der Waals surface area contributed by atoms with Crippen molar-refractivity contribution in [1.82, 2.24) is 4.40 Å². The van der Waals surface area contributed by atoms with Gasteiger partial charge in [0.25, 0.3) is 0 Å². The highest BCUT2D eigenvalue weighted by molar-refractivity contribution is 6.99. The van der Waals surface area contributed by atoms with E-state index in [1.807, 2.05) is 0 Å². The lowest BCUT2D eigenvalue weighted by atomic mass is 9.35. The molecular formula is C25H16BN. The van der Waals surface area contributed by atoms with Crippen LogP contribution in [0.1, 0.15) is 5.56 Å². The molecule has 0 saturated heterocycles. The van der Waals surface area contributed by atoms with Crippen LogP contribution in [0, 0.1) is 6.92 Å². The number of fused-ring (bicyclic) bond motifs is 2. The molecule has 0 aliphatic carbocycles. The highest BCUT2D eigenvalue weighted by Crippen LogP contribution is 2.39. The van der Waals surface area contributed by atoms with Crippen molar-refractivity contribution in [1.29, 1.82) is 0 Å². The summed E-state index contributed by atoms with van der Waals surface area (Å²) in [6, 6.07) is 29.3. The molecule has 0 amide bonds. The van der Waals surface area contributed by atoms with Gasteiger partial charge < -0.3 is 4.40 Å². The highest BCUT2D eigenvalue weighted by atomic mass is 14.9. The summed E-state index contributed by atoms with van der Waals surface area (Å²) in [6.45, 7) is 2.52. The molecule has 1 aliphatic heterocycles. The van der Waals surface area contributed by atoms with Crippen LogP contribution >= 0.6 is 0 Å². The maximum Gasteiger partial charge on any atom is 0.247 e. The molecule has 1 aliphatic rings. The Bertz CT molecular complexity index is 1450. The van der Waals surface area contributed by atoms with Gasteiger partial charge in [0.2, 0.25) is 6.71 Å². The van der Waals surface area contributed by atoms with Gasteiger partial charge in [0.1, 0.15) is 0 Å². The standard InChI is InChI=1S/C25H16BN/c1-15-7-2-3-12-20(15)26-21-13-5-10-18-16-8-4-9-17-19-11-6-14-22(26)25(19)27(23(16)17)24(18)21/h2-14H,1H3. The minimum absolute atomic E-state index is 0.288. The number of para-hydroxylation sites is 3. The molecule has 2 heteroatoms. The summed E-state index contributed by atoms with van der Waals surface area (Å²) >= 11 is 0. The molecule has 7 rings (SSSR count). The molecule has 124 valence electrons. The molecule has 0 fully saturated rings. The van der Waals surface area contributed by atoms with E-state index >= 15 is 0 Å². The third-order valence-corrected chi connectivity index (χ3v) is 6.54. The molecule has 6 aromatic rings. The molecule has 0 saturated carbocycles. The van der Waals surface area contributed by atoms with E-state index in [4.69, 9.17) is 0 Å². The van der Waals surface area contributed by atoms with Gasteiger partial charge in [-0.2, -0.15) is 0 Å². The van der Waals surface area contributed by atoms with Crippen LogP contribution in [0.25, 0.3) is 38.1 Å². The van der Waals surface area contributed by atoms with Crippen LogP contribution in [0.2, 0.25) is 0 Å². The lowest BCUT2D eigenvalue weighted by Gasteiger charge is -2.23. The van der Waals surface area contributed by atoms with Gasteiger partial charge in [-0.1, -0.05) is 89.9 Å². The Balaban J connectivity index is 1.82. The van der Waals surface area contributed by atoms with E-state index in [1.54, 1.807) is 0 Å². The van der Waals surface area contributed by atoms with Crippen molar-refractivity contribution >= 4 is 61.2 Å². The molecule has 0 atom stereocenters. The van der Waals surface area contributed by atoms with E-state index in [0.29, 0.717) is 0 Å². The van der Waals surface area contributed by atoms with E-state index in [9.17, 15) is 0 Å². The topological polar surface area (TPSA) is 4.41 Å². The molecule has 27 heavy (non-hydrogen) atoms. The molecule has 3 heterocycles. The van der Waals surface area contributed by atoms with Crippen molar-refractivity contribution in [3.05, 3.63) is 84.4 Å². The number of nitrogens with zero attached hydrogens (tertiary/aromatic N) is 1. The molecule has 0 bridgehead atoms. The lowest BCUT2D eigenvalue weighted by Crippen LogP contribution is -2.55. The first-order valence-electron chi connectivity index (χ1n) is 9.60. The first-order valence-corrected chi connectivity index (χ1v) is 9.60. The van der Waals surface area contributed by atoms with Crippen molar-refractivity contribution in [2.24, 2.45) is 0 Å². The summed E-state index contributed by atoms with van der Waals surface area (Å²) in [4.78, 5) is 0. The quantitative estimate of drug-likeness (QED) is 0.398. The molecule has 0 radical (unpaired) electrons. The van der Waals surface area contributed by atoms with Crippen LogP contribution in [0.5, 0.6) is 0 Å². The van der Waals surface area contributed by atoms with Gasteiger partial charge in [0.05, 0.1) is 5.52 Å². The Kier molecular flexibility index (Phi) is 2.33. The zero-order valence-corrected chi connectivity index (χ0v) is 15.0. The van der Waals surface area contributed by atoms with Crippen LogP contribution in [-0.4, -0.2) is 11.1 Å². The Morgan fingerprint density at radius 3 is 1.59 bits per heavy atom. The lowest BCUT2D eigenvalue weighted by molar-refractivity contribution is 1.38. The SMILES string of the molecule is Cc1ccccc1B1c2cccc3c4cccc5c6cccc1c6n(c23)c45. The van der Waals surface area contributed by atoms with Crippen LogP contribution in [0.15, 0.2) is 78.9 Å².